The highest BCUT2D eigenvalue weighted by Crippen LogP contribution is 2.32. The molecule has 0 radical (unpaired) electrons. The van der Waals surface area contributed by atoms with Gasteiger partial charge in [-0.3, -0.25) is 0 Å². The van der Waals surface area contributed by atoms with E-state index in [2.05, 4.69) is 12.1 Å². The van der Waals surface area contributed by atoms with Crippen LogP contribution in [0.5, 0.6) is 0 Å². The Bertz CT molecular complexity index is 551. The van der Waals surface area contributed by atoms with Crippen LogP contribution in [0.15, 0.2) is 28.8 Å². The number of aromatic nitrogens is 1. The van der Waals surface area contributed by atoms with E-state index in [9.17, 15) is 0 Å². The van der Waals surface area contributed by atoms with Crippen molar-refractivity contribution in [3.63, 3.8) is 0 Å². The van der Waals surface area contributed by atoms with Crippen LogP contribution in [0, 0.1) is 0 Å². The maximum absolute atomic E-state index is 6.04. The molecule has 2 rings (SSSR count). The third-order valence-corrected chi connectivity index (χ3v) is 3.64. The topological polar surface area (TPSA) is 52.0 Å². The first-order valence-electron chi connectivity index (χ1n) is 7.22. The van der Waals surface area contributed by atoms with Gasteiger partial charge in [0.1, 0.15) is 5.76 Å². The second-order valence-electron chi connectivity index (χ2n) is 5.04. The van der Waals surface area contributed by atoms with Crippen molar-refractivity contribution in [3.8, 4) is 11.1 Å². The zero-order valence-corrected chi connectivity index (χ0v) is 12.6. The highest BCUT2D eigenvalue weighted by molar-refractivity contribution is 6.30. The van der Waals surface area contributed by atoms with E-state index in [0.717, 1.165) is 29.7 Å². The van der Waals surface area contributed by atoms with Crippen LogP contribution in [0.1, 0.15) is 44.8 Å². The molecule has 0 unspecified atom stereocenters. The minimum absolute atomic E-state index is 0.441. The Balaban J connectivity index is 2.08. The fraction of sp³-hybridized carbons (Fsp3) is 0.438. The Morgan fingerprint density at radius 2 is 2.00 bits per heavy atom. The molecule has 3 nitrogen and oxygen atoms in total. The number of benzene rings is 1. The van der Waals surface area contributed by atoms with Gasteiger partial charge in [0.05, 0.1) is 5.56 Å². The van der Waals surface area contributed by atoms with E-state index in [1.807, 2.05) is 24.3 Å². The number of nitrogens with zero attached hydrogens (tertiary/aromatic N) is 1. The van der Waals surface area contributed by atoms with Crippen LogP contribution in [0.4, 0.5) is 5.82 Å². The normalized spacial score (nSPS) is 10.9. The molecule has 0 aliphatic heterocycles. The lowest BCUT2D eigenvalue weighted by molar-refractivity contribution is 0.381. The summed E-state index contributed by atoms with van der Waals surface area (Å²) in [6, 6.07) is 7.63. The van der Waals surface area contributed by atoms with Crippen molar-refractivity contribution in [1.82, 2.24) is 5.16 Å². The molecule has 0 saturated carbocycles. The Labute approximate surface area is 125 Å². The highest BCUT2D eigenvalue weighted by Gasteiger charge is 2.15. The Hall–Kier alpha value is -1.48. The van der Waals surface area contributed by atoms with Gasteiger partial charge in [0.2, 0.25) is 0 Å². The number of hydrogen-bond donors (Lipinski definition) is 1. The summed E-state index contributed by atoms with van der Waals surface area (Å²) in [6.45, 7) is 2.22. The summed E-state index contributed by atoms with van der Waals surface area (Å²) in [7, 11) is 0. The van der Waals surface area contributed by atoms with Crippen LogP contribution in [-0.4, -0.2) is 5.16 Å². The molecule has 0 saturated heterocycles. The summed E-state index contributed by atoms with van der Waals surface area (Å²) in [6.07, 6.45) is 7.00. The molecule has 0 amide bonds. The molecule has 1 aromatic carbocycles. The number of nitrogens with two attached hydrogens (primary N) is 1. The Morgan fingerprint density at radius 3 is 2.75 bits per heavy atom. The van der Waals surface area contributed by atoms with Crippen molar-refractivity contribution < 1.29 is 4.52 Å². The second kappa shape index (κ2) is 7.34. The maximum atomic E-state index is 6.04. The predicted octanol–water partition coefficient (Wildman–Crippen LogP) is 5.09. The Morgan fingerprint density at radius 1 is 1.20 bits per heavy atom. The number of nitrogen functional groups attached to an aromatic ring is 1. The van der Waals surface area contributed by atoms with Crippen LogP contribution in [0.3, 0.4) is 0 Å². The van der Waals surface area contributed by atoms with Gasteiger partial charge in [0.25, 0.3) is 0 Å². The molecule has 0 atom stereocenters. The lowest BCUT2D eigenvalue weighted by Gasteiger charge is -2.03. The largest absolute Gasteiger partial charge is 0.380 e. The third-order valence-electron chi connectivity index (χ3n) is 3.41. The van der Waals surface area contributed by atoms with Crippen molar-refractivity contribution in [2.45, 2.75) is 45.4 Å². The van der Waals surface area contributed by atoms with E-state index in [4.69, 9.17) is 21.9 Å². The summed E-state index contributed by atoms with van der Waals surface area (Å²) >= 11 is 6.04. The van der Waals surface area contributed by atoms with Gasteiger partial charge in [-0.25, -0.2) is 0 Å². The fourth-order valence-electron chi connectivity index (χ4n) is 2.35. The van der Waals surface area contributed by atoms with Gasteiger partial charge in [0.15, 0.2) is 5.82 Å². The number of rotatable bonds is 7. The smallest absolute Gasteiger partial charge is 0.175 e. The summed E-state index contributed by atoms with van der Waals surface area (Å²) in [4.78, 5) is 0. The van der Waals surface area contributed by atoms with Crippen molar-refractivity contribution in [1.29, 1.82) is 0 Å². The van der Waals surface area contributed by atoms with E-state index < -0.39 is 0 Å². The first-order valence-corrected chi connectivity index (χ1v) is 7.60. The van der Waals surface area contributed by atoms with Crippen molar-refractivity contribution >= 4 is 17.4 Å². The molecule has 0 bridgehead atoms. The molecule has 0 aliphatic carbocycles. The molecule has 1 heterocycles. The molecular weight excluding hydrogens is 272 g/mol. The zero-order valence-electron chi connectivity index (χ0n) is 11.9. The average Bonchev–Trinajstić information content (AvgIpc) is 2.80. The molecule has 4 heteroatoms. The molecule has 0 fully saturated rings. The first kappa shape index (κ1) is 14.9. The molecule has 1 aromatic heterocycles. The molecular formula is C16H21ClN2O. The highest BCUT2D eigenvalue weighted by atomic mass is 35.5. The van der Waals surface area contributed by atoms with Crippen molar-refractivity contribution in [3.05, 3.63) is 35.0 Å². The molecule has 0 aliphatic rings. The van der Waals surface area contributed by atoms with Gasteiger partial charge >= 0.3 is 0 Å². The number of unbranched alkanes of at least 4 members (excludes halogenated alkanes) is 4. The van der Waals surface area contributed by atoms with Gasteiger partial charge in [-0.05, 0) is 24.1 Å². The lowest BCUT2D eigenvalue weighted by atomic mass is 10.0. The van der Waals surface area contributed by atoms with Crippen LogP contribution < -0.4 is 5.73 Å². The predicted molar refractivity (Wildman–Crippen MR) is 83.8 cm³/mol. The first-order chi connectivity index (χ1) is 9.72. The molecule has 20 heavy (non-hydrogen) atoms. The minimum atomic E-state index is 0.441. The fourth-order valence-corrected chi connectivity index (χ4v) is 2.54. The van der Waals surface area contributed by atoms with E-state index >= 15 is 0 Å². The molecule has 2 N–H and O–H groups in total. The van der Waals surface area contributed by atoms with Crippen LogP contribution in [0.2, 0.25) is 5.02 Å². The number of halogens is 1. The van der Waals surface area contributed by atoms with Gasteiger partial charge in [-0.2, -0.15) is 0 Å². The van der Waals surface area contributed by atoms with Gasteiger partial charge in [-0.1, -0.05) is 61.5 Å². The summed E-state index contributed by atoms with van der Waals surface area (Å²) in [5.41, 5.74) is 7.79. The summed E-state index contributed by atoms with van der Waals surface area (Å²) in [5.74, 6) is 1.30. The van der Waals surface area contributed by atoms with E-state index in [0.29, 0.717) is 10.8 Å². The van der Waals surface area contributed by atoms with Crippen LogP contribution in [0.25, 0.3) is 11.1 Å². The number of anilines is 1. The summed E-state index contributed by atoms with van der Waals surface area (Å²) in [5, 5.41) is 4.59. The van der Waals surface area contributed by atoms with Crippen LogP contribution >= 0.6 is 11.6 Å². The van der Waals surface area contributed by atoms with E-state index in [-0.39, 0.29) is 0 Å². The number of hydrogen-bond acceptors (Lipinski definition) is 3. The molecule has 108 valence electrons. The molecule has 2 aromatic rings. The maximum Gasteiger partial charge on any atom is 0.175 e. The van der Waals surface area contributed by atoms with E-state index in [1.165, 1.54) is 25.7 Å². The third kappa shape index (κ3) is 3.76. The lowest BCUT2D eigenvalue weighted by Crippen LogP contribution is -1.91. The van der Waals surface area contributed by atoms with Crippen molar-refractivity contribution in [2.24, 2.45) is 0 Å². The number of aryl methyl sites for hydroxylation is 1. The summed E-state index contributed by atoms with van der Waals surface area (Å²) < 4.78 is 5.38. The average molecular weight is 293 g/mol. The van der Waals surface area contributed by atoms with Crippen LogP contribution in [-0.2, 0) is 6.42 Å². The standard InChI is InChI=1S/C16H21ClN2O/c1-2-3-4-5-6-10-14-15(16(18)19-20-14)12-8-7-9-13(17)11-12/h7-9,11H,2-6,10H2,1H3,(H2,18,19). The van der Waals surface area contributed by atoms with Crippen molar-refractivity contribution in [2.75, 3.05) is 5.73 Å². The van der Waals surface area contributed by atoms with Gasteiger partial charge in [-0.15, -0.1) is 0 Å². The Kier molecular flexibility index (Phi) is 5.48. The molecule has 0 spiro atoms. The van der Waals surface area contributed by atoms with E-state index in [1.54, 1.807) is 0 Å². The quantitative estimate of drug-likeness (QED) is 0.723. The van der Waals surface area contributed by atoms with Gasteiger partial charge < -0.3 is 10.3 Å². The monoisotopic (exact) mass is 292 g/mol. The SMILES string of the molecule is CCCCCCCc1onc(N)c1-c1cccc(Cl)c1. The zero-order chi connectivity index (χ0) is 14.4. The minimum Gasteiger partial charge on any atom is -0.380 e. The van der Waals surface area contributed by atoms with Gasteiger partial charge in [0, 0.05) is 11.4 Å². The second-order valence-corrected chi connectivity index (χ2v) is 5.48.